The Labute approximate surface area is 125 Å². The Hall–Kier alpha value is -2.54. The summed E-state index contributed by atoms with van der Waals surface area (Å²) in [4.78, 5) is 20.6. The lowest BCUT2D eigenvalue weighted by Gasteiger charge is -1.98. The normalized spacial score (nSPS) is 10.6. The number of carbonyl (C=O) groups is 1. The van der Waals surface area contributed by atoms with Crippen LogP contribution in [0.2, 0.25) is 0 Å². The highest BCUT2D eigenvalue weighted by atomic mass is 32.1. The standard InChI is InChI=1S/C14H12N4O2S/c1-8-7-10(9(2)20-8)13(19)17-14-16-12(18-21-14)11-5-3-4-6-15-11/h3-7H,1-2H3,(H,16,17,18,19). The molecule has 0 spiro atoms. The summed E-state index contributed by atoms with van der Waals surface area (Å²) >= 11 is 1.12. The Morgan fingerprint density at radius 1 is 1.33 bits per heavy atom. The lowest BCUT2D eigenvalue weighted by Crippen LogP contribution is -2.11. The van der Waals surface area contributed by atoms with Crippen molar-refractivity contribution in [3.8, 4) is 11.5 Å². The Morgan fingerprint density at radius 2 is 2.19 bits per heavy atom. The molecule has 0 bridgehead atoms. The molecule has 21 heavy (non-hydrogen) atoms. The van der Waals surface area contributed by atoms with E-state index in [4.69, 9.17) is 4.42 Å². The molecule has 0 aliphatic heterocycles. The smallest absolute Gasteiger partial charge is 0.261 e. The second-order valence-electron chi connectivity index (χ2n) is 4.42. The molecule has 0 atom stereocenters. The number of nitrogens with one attached hydrogen (secondary N) is 1. The van der Waals surface area contributed by atoms with Gasteiger partial charge in [0.15, 0.2) is 5.82 Å². The Balaban J connectivity index is 1.79. The summed E-state index contributed by atoms with van der Waals surface area (Å²) in [5.74, 6) is 1.52. The lowest BCUT2D eigenvalue weighted by atomic mass is 10.2. The Morgan fingerprint density at radius 3 is 2.86 bits per heavy atom. The number of aromatic nitrogens is 3. The number of carbonyl (C=O) groups excluding carboxylic acids is 1. The van der Waals surface area contributed by atoms with Gasteiger partial charge in [-0.3, -0.25) is 15.1 Å². The van der Waals surface area contributed by atoms with Gasteiger partial charge in [-0.15, -0.1) is 0 Å². The van der Waals surface area contributed by atoms with Gasteiger partial charge in [0.2, 0.25) is 5.13 Å². The van der Waals surface area contributed by atoms with Gasteiger partial charge in [-0.1, -0.05) is 6.07 Å². The van der Waals surface area contributed by atoms with Crippen molar-refractivity contribution in [2.75, 3.05) is 5.32 Å². The minimum Gasteiger partial charge on any atom is -0.466 e. The Bertz CT molecular complexity index is 779. The van der Waals surface area contributed by atoms with Crippen LogP contribution in [-0.2, 0) is 0 Å². The first-order chi connectivity index (χ1) is 10.1. The fraction of sp³-hybridized carbons (Fsp3) is 0.143. The largest absolute Gasteiger partial charge is 0.466 e. The molecule has 0 radical (unpaired) electrons. The van der Waals surface area contributed by atoms with Crippen LogP contribution in [-0.4, -0.2) is 20.2 Å². The third kappa shape index (κ3) is 2.82. The van der Waals surface area contributed by atoms with Crippen molar-refractivity contribution in [2.24, 2.45) is 0 Å². The van der Waals surface area contributed by atoms with Crippen LogP contribution in [0.4, 0.5) is 5.13 Å². The first kappa shape index (κ1) is 13.4. The highest BCUT2D eigenvalue weighted by Crippen LogP contribution is 2.21. The molecule has 1 N–H and O–H groups in total. The number of hydrogen-bond donors (Lipinski definition) is 1. The maximum atomic E-state index is 12.1. The first-order valence-electron chi connectivity index (χ1n) is 6.27. The van der Waals surface area contributed by atoms with Gasteiger partial charge in [-0.05, 0) is 32.0 Å². The SMILES string of the molecule is Cc1cc(C(=O)Nc2nc(-c3ccccn3)ns2)c(C)o1. The van der Waals surface area contributed by atoms with Crippen molar-refractivity contribution in [3.63, 3.8) is 0 Å². The molecule has 3 rings (SSSR count). The molecule has 1 amide bonds. The summed E-state index contributed by atoms with van der Waals surface area (Å²) in [5, 5.41) is 3.15. The van der Waals surface area contributed by atoms with Crippen LogP contribution in [0.1, 0.15) is 21.9 Å². The van der Waals surface area contributed by atoms with E-state index >= 15 is 0 Å². The fourth-order valence-corrected chi connectivity index (χ4v) is 2.47. The third-order valence-corrected chi connectivity index (χ3v) is 3.46. The summed E-state index contributed by atoms with van der Waals surface area (Å²) in [7, 11) is 0. The van der Waals surface area contributed by atoms with Gasteiger partial charge in [0.05, 0.1) is 5.56 Å². The number of furan rings is 1. The molecule has 0 unspecified atom stereocenters. The summed E-state index contributed by atoms with van der Waals surface area (Å²) in [6, 6.07) is 7.20. The van der Waals surface area contributed by atoms with E-state index in [1.165, 1.54) is 0 Å². The van der Waals surface area contributed by atoms with Crippen molar-refractivity contribution in [3.05, 3.63) is 47.5 Å². The quantitative estimate of drug-likeness (QED) is 0.804. The molecular formula is C14H12N4O2S. The highest BCUT2D eigenvalue weighted by Gasteiger charge is 2.16. The van der Waals surface area contributed by atoms with Crippen molar-refractivity contribution in [1.82, 2.24) is 14.3 Å². The molecule has 0 saturated heterocycles. The topological polar surface area (TPSA) is 80.9 Å². The zero-order valence-corrected chi connectivity index (χ0v) is 12.3. The van der Waals surface area contributed by atoms with E-state index in [0.29, 0.717) is 33.7 Å². The minimum atomic E-state index is -0.256. The van der Waals surface area contributed by atoms with E-state index < -0.39 is 0 Å². The van der Waals surface area contributed by atoms with E-state index in [2.05, 4.69) is 19.7 Å². The van der Waals surface area contributed by atoms with E-state index in [-0.39, 0.29) is 5.91 Å². The van der Waals surface area contributed by atoms with Gasteiger partial charge in [0.25, 0.3) is 5.91 Å². The van der Waals surface area contributed by atoms with Gasteiger partial charge < -0.3 is 4.42 Å². The van der Waals surface area contributed by atoms with Crippen molar-refractivity contribution in [2.45, 2.75) is 13.8 Å². The van der Waals surface area contributed by atoms with Crippen LogP contribution in [0.5, 0.6) is 0 Å². The predicted molar refractivity (Wildman–Crippen MR) is 79.3 cm³/mol. The number of hydrogen-bond acceptors (Lipinski definition) is 6. The Kier molecular flexibility index (Phi) is 3.49. The molecule has 3 heterocycles. The molecule has 0 fully saturated rings. The van der Waals surface area contributed by atoms with Crippen molar-refractivity contribution < 1.29 is 9.21 Å². The predicted octanol–water partition coefficient (Wildman–Crippen LogP) is 3.06. The average Bonchev–Trinajstić information content (AvgIpc) is 3.06. The summed E-state index contributed by atoms with van der Waals surface area (Å²) in [5.41, 5.74) is 1.17. The van der Waals surface area contributed by atoms with Gasteiger partial charge >= 0.3 is 0 Å². The number of rotatable bonds is 3. The zero-order chi connectivity index (χ0) is 14.8. The van der Waals surface area contributed by atoms with Crippen LogP contribution in [0.3, 0.4) is 0 Å². The first-order valence-corrected chi connectivity index (χ1v) is 7.04. The van der Waals surface area contributed by atoms with E-state index in [0.717, 1.165) is 11.5 Å². The van der Waals surface area contributed by atoms with Crippen LogP contribution in [0, 0.1) is 13.8 Å². The van der Waals surface area contributed by atoms with Crippen LogP contribution >= 0.6 is 11.5 Å². The van der Waals surface area contributed by atoms with Crippen LogP contribution in [0.15, 0.2) is 34.9 Å². The van der Waals surface area contributed by atoms with Gasteiger partial charge in [-0.25, -0.2) is 0 Å². The number of aryl methyl sites for hydroxylation is 2. The van der Waals surface area contributed by atoms with E-state index in [9.17, 15) is 4.79 Å². The number of pyridine rings is 1. The summed E-state index contributed by atoms with van der Waals surface area (Å²) in [6.45, 7) is 3.55. The number of amides is 1. The number of nitrogens with zero attached hydrogens (tertiary/aromatic N) is 3. The summed E-state index contributed by atoms with van der Waals surface area (Å²) < 4.78 is 9.54. The van der Waals surface area contributed by atoms with Gasteiger partial charge in [-0.2, -0.15) is 9.36 Å². The highest BCUT2D eigenvalue weighted by molar-refractivity contribution is 7.10. The number of anilines is 1. The average molecular weight is 300 g/mol. The minimum absolute atomic E-state index is 0.256. The molecule has 6 nitrogen and oxygen atoms in total. The van der Waals surface area contributed by atoms with Gasteiger partial charge in [0, 0.05) is 17.7 Å². The molecule has 0 aliphatic carbocycles. The van der Waals surface area contributed by atoms with Crippen LogP contribution < -0.4 is 5.32 Å². The molecule has 0 saturated carbocycles. The second kappa shape index (κ2) is 5.45. The zero-order valence-electron chi connectivity index (χ0n) is 11.5. The third-order valence-electron chi connectivity index (χ3n) is 2.83. The van der Waals surface area contributed by atoms with Crippen molar-refractivity contribution >= 4 is 22.6 Å². The molecule has 3 aromatic rings. The molecule has 7 heteroatoms. The van der Waals surface area contributed by atoms with E-state index in [1.807, 2.05) is 18.2 Å². The molecule has 106 valence electrons. The van der Waals surface area contributed by atoms with Gasteiger partial charge in [0.1, 0.15) is 17.2 Å². The van der Waals surface area contributed by atoms with Crippen molar-refractivity contribution in [1.29, 1.82) is 0 Å². The van der Waals surface area contributed by atoms with E-state index in [1.54, 1.807) is 26.1 Å². The second-order valence-corrected chi connectivity index (χ2v) is 5.17. The monoisotopic (exact) mass is 300 g/mol. The fourth-order valence-electron chi connectivity index (χ4n) is 1.89. The molecule has 3 aromatic heterocycles. The van der Waals surface area contributed by atoms with Crippen LogP contribution in [0.25, 0.3) is 11.5 Å². The molecule has 0 aliphatic rings. The molecular weight excluding hydrogens is 288 g/mol. The maximum absolute atomic E-state index is 12.1. The summed E-state index contributed by atoms with van der Waals surface area (Å²) in [6.07, 6.45) is 1.67. The maximum Gasteiger partial charge on any atom is 0.261 e. The molecule has 0 aromatic carbocycles. The lowest BCUT2D eigenvalue weighted by molar-refractivity contribution is 0.102.